The summed E-state index contributed by atoms with van der Waals surface area (Å²) < 4.78 is 17.6. The average Bonchev–Trinajstić information content (AvgIpc) is 3.22. The number of ether oxygens (including phenoxy) is 3. The summed E-state index contributed by atoms with van der Waals surface area (Å²) in [6.07, 6.45) is 3.23. The lowest BCUT2D eigenvalue weighted by atomic mass is 10.1. The largest absolute Gasteiger partial charge is 0.496 e. The van der Waals surface area contributed by atoms with Crippen LogP contribution in [-0.2, 0) is 6.54 Å². The van der Waals surface area contributed by atoms with Gasteiger partial charge in [0.15, 0.2) is 11.5 Å². The summed E-state index contributed by atoms with van der Waals surface area (Å²) in [4.78, 5) is 12.5. The molecule has 0 atom stereocenters. The molecular weight excluding hydrogens is 346 g/mol. The van der Waals surface area contributed by atoms with Crippen LogP contribution >= 0.6 is 0 Å². The number of carbonyl (C=O) groups is 1. The summed E-state index contributed by atoms with van der Waals surface area (Å²) in [5, 5.41) is 7.12. The zero-order valence-corrected chi connectivity index (χ0v) is 15.4. The monoisotopic (exact) mass is 367 g/mol. The van der Waals surface area contributed by atoms with Gasteiger partial charge in [0.25, 0.3) is 5.91 Å². The molecule has 0 fully saturated rings. The van der Waals surface area contributed by atoms with E-state index >= 15 is 0 Å². The number of benzene rings is 2. The maximum absolute atomic E-state index is 12.5. The predicted octanol–water partition coefficient (Wildman–Crippen LogP) is 2.83. The molecule has 0 radical (unpaired) electrons. The van der Waals surface area contributed by atoms with Gasteiger partial charge in [0.1, 0.15) is 5.75 Å². The van der Waals surface area contributed by atoms with Crippen LogP contribution in [0.4, 0.5) is 0 Å². The highest BCUT2D eigenvalue weighted by atomic mass is 16.5. The van der Waals surface area contributed by atoms with Crippen molar-refractivity contribution in [3.05, 3.63) is 66.0 Å². The van der Waals surface area contributed by atoms with Crippen LogP contribution in [0.15, 0.2) is 54.9 Å². The van der Waals surface area contributed by atoms with Gasteiger partial charge in [0.05, 0.1) is 38.8 Å². The molecule has 27 heavy (non-hydrogen) atoms. The Labute approximate surface area is 157 Å². The van der Waals surface area contributed by atoms with Gasteiger partial charge < -0.3 is 19.5 Å². The number of methoxy groups -OCH3 is 3. The molecule has 0 bridgehead atoms. The fourth-order valence-corrected chi connectivity index (χ4v) is 2.67. The van der Waals surface area contributed by atoms with Crippen molar-refractivity contribution < 1.29 is 19.0 Å². The molecule has 0 aliphatic heterocycles. The molecule has 1 amide bonds. The van der Waals surface area contributed by atoms with Gasteiger partial charge in [-0.15, -0.1) is 0 Å². The molecule has 7 nitrogen and oxygen atoms in total. The van der Waals surface area contributed by atoms with Crippen molar-refractivity contribution in [2.75, 3.05) is 21.3 Å². The van der Waals surface area contributed by atoms with E-state index < -0.39 is 0 Å². The van der Waals surface area contributed by atoms with E-state index in [1.54, 1.807) is 44.3 Å². The second-order valence-electron chi connectivity index (χ2n) is 5.71. The SMILES string of the molecule is COc1cc(OC)c(OC)cc1CNC(=O)c1cnn(-c2ccccc2)c1. The van der Waals surface area contributed by atoms with E-state index in [4.69, 9.17) is 14.2 Å². The Morgan fingerprint density at radius 1 is 1.00 bits per heavy atom. The Morgan fingerprint density at radius 2 is 1.67 bits per heavy atom. The fourth-order valence-electron chi connectivity index (χ4n) is 2.67. The minimum atomic E-state index is -0.228. The van der Waals surface area contributed by atoms with E-state index in [9.17, 15) is 4.79 Å². The molecule has 0 spiro atoms. The van der Waals surface area contributed by atoms with Gasteiger partial charge in [-0.2, -0.15) is 5.10 Å². The standard InChI is InChI=1S/C20H21N3O4/c1-25-17-10-19(27-3)18(26-2)9-14(17)11-21-20(24)15-12-22-23(13-15)16-7-5-4-6-8-16/h4-10,12-13H,11H2,1-3H3,(H,21,24). The highest BCUT2D eigenvalue weighted by Gasteiger charge is 2.14. The summed E-state index contributed by atoms with van der Waals surface area (Å²) in [5.41, 5.74) is 2.13. The number of aromatic nitrogens is 2. The summed E-state index contributed by atoms with van der Waals surface area (Å²) in [6, 6.07) is 13.1. The lowest BCUT2D eigenvalue weighted by Crippen LogP contribution is -2.22. The summed E-state index contributed by atoms with van der Waals surface area (Å²) in [6.45, 7) is 0.277. The maximum Gasteiger partial charge on any atom is 0.254 e. The quantitative estimate of drug-likeness (QED) is 0.695. The Morgan fingerprint density at radius 3 is 2.33 bits per heavy atom. The second kappa shape index (κ2) is 8.27. The van der Waals surface area contributed by atoms with Crippen LogP contribution in [0.25, 0.3) is 5.69 Å². The van der Waals surface area contributed by atoms with Crippen LogP contribution in [0.1, 0.15) is 15.9 Å². The highest BCUT2D eigenvalue weighted by molar-refractivity contribution is 5.93. The molecular formula is C20H21N3O4. The number of hydrogen-bond acceptors (Lipinski definition) is 5. The van der Waals surface area contributed by atoms with Gasteiger partial charge >= 0.3 is 0 Å². The van der Waals surface area contributed by atoms with Crippen molar-refractivity contribution in [2.24, 2.45) is 0 Å². The first-order valence-corrected chi connectivity index (χ1v) is 8.33. The third kappa shape index (κ3) is 4.03. The topological polar surface area (TPSA) is 74.6 Å². The fraction of sp³-hybridized carbons (Fsp3) is 0.200. The first-order chi connectivity index (χ1) is 13.2. The van der Waals surface area contributed by atoms with Crippen molar-refractivity contribution >= 4 is 5.91 Å². The van der Waals surface area contributed by atoms with Gasteiger partial charge in [-0.3, -0.25) is 4.79 Å². The van der Waals surface area contributed by atoms with Crippen LogP contribution in [0, 0.1) is 0 Å². The Kier molecular flexibility index (Phi) is 5.61. The molecule has 0 aliphatic carbocycles. The number of carbonyl (C=O) groups excluding carboxylic acids is 1. The minimum absolute atomic E-state index is 0.228. The number of para-hydroxylation sites is 1. The summed E-state index contributed by atoms with van der Waals surface area (Å²) >= 11 is 0. The summed E-state index contributed by atoms with van der Waals surface area (Å²) in [7, 11) is 4.68. The number of nitrogens with zero attached hydrogens (tertiary/aromatic N) is 2. The Bertz CT molecular complexity index is 922. The molecule has 0 aliphatic rings. The molecule has 140 valence electrons. The zero-order valence-electron chi connectivity index (χ0n) is 15.4. The normalized spacial score (nSPS) is 10.3. The molecule has 0 saturated carbocycles. The van der Waals surface area contributed by atoms with Crippen molar-refractivity contribution in [3.8, 4) is 22.9 Å². The molecule has 1 heterocycles. The molecule has 7 heteroatoms. The van der Waals surface area contributed by atoms with Crippen LogP contribution in [0.2, 0.25) is 0 Å². The molecule has 1 N–H and O–H groups in total. The van der Waals surface area contributed by atoms with Crippen molar-refractivity contribution in [3.63, 3.8) is 0 Å². The van der Waals surface area contributed by atoms with Crippen molar-refractivity contribution in [1.29, 1.82) is 0 Å². The zero-order chi connectivity index (χ0) is 19.2. The number of hydrogen-bond donors (Lipinski definition) is 1. The number of nitrogens with one attached hydrogen (secondary N) is 1. The van der Waals surface area contributed by atoms with Crippen LogP contribution < -0.4 is 19.5 Å². The van der Waals surface area contributed by atoms with Gasteiger partial charge in [-0.25, -0.2) is 4.68 Å². The minimum Gasteiger partial charge on any atom is -0.496 e. The van der Waals surface area contributed by atoms with Gasteiger partial charge in [0.2, 0.25) is 0 Å². The Hall–Kier alpha value is -3.48. The van der Waals surface area contributed by atoms with Gasteiger partial charge in [-0.05, 0) is 18.2 Å². The lowest BCUT2D eigenvalue weighted by molar-refractivity contribution is 0.0950. The molecule has 0 saturated heterocycles. The number of rotatable bonds is 7. The molecule has 2 aromatic carbocycles. The van der Waals surface area contributed by atoms with Crippen molar-refractivity contribution in [2.45, 2.75) is 6.54 Å². The lowest BCUT2D eigenvalue weighted by Gasteiger charge is -2.14. The molecule has 0 unspecified atom stereocenters. The molecule has 3 rings (SSSR count). The van der Waals surface area contributed by atoms with Crippen LogP contribution in [0.3, 0.4) is 0 Å². The smallest absolute Gasteiger partial charge is 0.254 e. The van der Waals surface area contributed by atoms with Crippen LogP contribution in [-0.4, -0.2) is 37.0 Å². The maximum atomic E-state index is 12.5. The van der Waals surface area contributed by atoms with E-state index in [1.807, 2.05) is 30.3 Å². The molecule has 1 aromatic heterocycles. The average molecular weight is 367 g/mol. The number of amides is 1. The predicted molar refractivity (Wildman–Crippen MR) is 101 cm³/mol. The van der Waals surface area contributed by atoms with E-state index in [0.29, 0.717) is 22.8 Å². The third-order valence-corrected chi connectivity index (χ3v) is 4.09. The first kappa shape index (κ1) is 18.3. The van der Waals surface area contributed by atoms with Gasteiger partial charge in [-0.1, -0.05) is 18.2 Å². The highest BCUT2D eigenvalue weighted by Crippen LogP contribution is 2.34. The van der Waals surface area contributed by atoms with Gasteiger partial charge in [0, 0.05) is 24.4 Å². The second-order valence-corrected chi connectivity index (χ2v) is 5.71. The van der Waals surface area contributed by atoms with Crippen molar-refractivity contribution in [1.82, 2.24) is 15.1 Å². The van der Waals surface area contributed by atoms with E-state index in [0.717, 1.165) is 11.3 Å². The summed E-state index contributed by atoms with van der Waals surface area (Å²) in [5.74, 6) is 1.51. The van der Waals surface area contributed by atoms with E-state index in [2.05, 4.69) is 10.4 Å². The van der Waals surface area contributed by atoms with E-state index in [1.165, 1.54) is 6.20 Å². The van der Waals surface area contributed by atoms with E-state index in [-0.39, 0.29) is 12.5 Å². The first-order valence-electron chi connectivity index (χ1n) is 8.33. The third-order valence-electron chi connectivity index (χ3n) is 4.09. The molecule has 3 aromatic rings. The Balaban J connectivity index is 1.73. The van der Waals surface area contributed by atoms with Crippen LogP contribution in [0.5, 0.6) is 17.2 Å².